The van der Waals surface area contributed by atoms with E-state index in [1.807, 2.05) is 66.9 Å². The molecule has 2 aromatic heterocycles. The van der Waals surface area contributed by atoms with E-state index >= 15 is 0 Å². The SMILES string of the molecule is COc1ccccc1CCNC(=O)c1cc(C)n(-c2ccccn2)c1C. The van der Waals surface area contributed by atoms with Crippen molar-refractivity contribution in [3.8, 4) is 11.6 Å². The van der Waals surface area contributed by atoms with E-state index in [0.717, 1.165) is 28.5 Å². The van der Waals surface area contributed by atoms with E-state index in [-0.39, 0.29) is 5.91 Å². The molecular weight excluding hydrogens is 326 g/mol. The quantitative estimate of drug-likeness (QED) is 0.741. The van der Waals surface area contributed by atoms with Gasteiger partial charge in [-0.25, -0.2) is 4.98 Å². The highest BCUT2D eigenvalue weighted by molar-refractivity contribution is 5.95. The van der Waals surface area contributed by atoms with E-state index < -0.39 is 0 Å². The maximum atomic E-state index is 12.6. The van der Waals surface area contributed by atoms with Crippen LogP contribution in [0, 0.1) is 13.8 Å². The van der Waals surface area contributed by atoms with Crippen LogP contribution in [0.25, 0.3) is 5.82 Å². The minimum Gasteiger partial charge on any atom is -0.496 e. The predicted molar refractivity (Wildman–Crippen MR) is 102 cm³/mol. The fourth-order valence-electron chi connectivity index (χ4n) is 3.15. The smallest absolute Gasteiger partial charge is 0.253 e. The highest BCUT2D eigenvalue weighted by atomic mass is 16.5. The van der Waals surface area contributed by atoms with Crippen molar-refractivity contribution < 1.29 is 9.53 Å². The average Bonchev–Trinajstić information content (AvgIpc) is 2.97. The minimum absolute atomic E-state index is 0.0739. The second-order valence-electron chi connectivity index (χ2n) is 6.13. The third kappa shape index (κ3) is 3.61. The van der Waals surface area contributed by atoms with Crippen LogP contribution < -0.4 is 10.1 Å². The molecule has 0 saturated heterocycles. The van der Waals surface area contributed by atoms with Gasteiger partial charge in [-0.2, -0.15) is 0 Å². The van der Waals surface area contributed by atoms with Gasteiger partial charge in [0.25, 0.3) is 5.91 Å². The lowest BCUT2D eigenvalue weighted by Gasteiger charge is -2.10. The van der Waals surface area contributed by atoms with Gasteiger partial charge in [0, 0.05) is 24.1 Å². The van der Waals surface area contributed by atoms with Gasteiger partial charge in [0.15, 0.2) is 0 Å². The maximum Gasteiger partial charge on any atom is 0.253 e. The van der Waals surface area contributed by atoms with Crippen LogP contribution in [-0.2, 0) is 6.42 Å². The van der Waals surface area contributed by atoms with Gasteiger partial charge < -0.3 is 14.6 Å². The zero-order valence-corrected chi connectivity index (χ0v) is 15.3. The first-order valence-electron chi connectivity index (χ1n) is 8.62. The second-order valence-corrected chi connectivity index (χ2v) is 6.13. The summed E-state index contributed by atoms with van der Waals surface area (Å²) < 4.78 is 7.35. The molecule has 134 valence electrons. The molecule has 0 radical (unpaired) electrons. The van der Waals surface area contributed by atoms with Gasteiger partial charge in [-0.05, 0) is 50.1 Å². The molecule has 1 N–H and O–H groups in total. The monoisotopic (exact) mass is 349 g/mol. The number of nitrogens with one attached hydrogen (secondary N) is 1. The summed E-state index contributed by atoms with van der Waals surface area (Å²) in [5, 5.41) is 3.00. The number of methoxy groups -OCH3 is 1. The molecule has 0 bridgehead atoms. The summed E-state index contributed by atoms with van der Waals surface area (Å²) in [4.78, 5) is 17.0. The molecule has 3 aromatic rings. The number of aromatic nitrogens is 2. The number of rotatable bonds is 6. The fraction of sp³-hybridized carbons (Fsp3) is 0.238. The first-order chi connectivity index (χ1) is 12.6. The molecule has 2 heterocycles. The van der Waals surface area contributed by atoms with Crippen molar-refractivity contribution in [2.45, 2.75) is 20.3 Å². The number of carbonyl (C=O) groups is 1. The Morgan fingerprint density at radius 3 is 2.65 bits per heavy atom. The Balaban J connectivity index is 1.71. The highest BCUT2D eigenvalue weighted by Crippen LogP contribution is 2.20. The standard InChI is InChI=1S/C21H23N3O2/c1-15-14-18(16(2)24(15)20-10-6-7-12-22-20)21(25)23-13-11-17-8-4-5-9-19(17)26-3/h4-10,12,14H,11,13H2,1-3H3,(H,23,25). The zero-order chi connectivity index (χ0) is 18.5. The Labute approximate surface area is 153 Å². The molecule has 0 saturated carbocycles. The van der Waals surface area contributed by atoms with E-state index in [2.05, 4.69) is 10.3 Å². The van der Waals surface area contributed by atoms with Crippen molar-refractivity contribution in [1.82, 2.24) is 14.9 Å². The molecule has 26 heavy (non-hydrogen) atoms. The van der Waals surface area contributed by atoms with Gasteiger partial charge in [-0.3, -0.25) is 4.79 Å². The number of ether oxygens (including phenoxy) is 1. The number of carbonyl (C=O) groups excluding carboxylic acids is 1. The molecule has 1 aromatic carbocycles. The molecule has 0 spiro atoms. The Morgan fingerprint density at radius 1 is 1.15 bits per heavy atom. The van der Waals surface area contributed by atoms with Gasteiger partial charge in [0.2, 0.25) is 0 Å². The molecule has 1 amide bonds. The fourth-order valence-corrected chi connectivity index (χ4v) is 3.15. The van der Waals surface area contributed by atoms with Crippen LogP contribution in [0.3, 0.4) is 0 Å². The zero-order valence-electron chi connectivity index (χ0n) is 15.3. The molecule has 0 aliphatic rings. The lowest BCUT2D eigenvalue weighted by Crippen LogP contribution is -2.26. The maximum absolute atomic E-state index is 12.6. The predicted octanol–water partition coefficient (Wildman–Crippen LogP) is 3.47. The Hall–Kier alpha value is -3.08. The van der Waals surface area contributed by atoms with Crippen molar-refractivity contribution in [3.63, 3.8) is 0 Å². The molecular formula is C21H23N3O2. The molecule has 0 aliphatic carbocycles. The van der Waals surface area contributed by atoms with Crippen LogP contribution in [0.2, 0.25) is 0 Å². The van der Waals surface area contributed by atoms with E-state index in [4.69, 9.17) is 4.74 Å². The average molecular weight is 349 g/mol. The van der Waals surface area contributed by atoms with Crippen LogP contribution in [0.1, 0.15) is 27.3 Å². The van der Waals surface area contributed by atoms with E-state index in [0.29, 0.717) is 18.5 Å². The van der Waals surface area contributed by atoms with Crippen molar-refractivity contribution in [2.24, 2.45) is 0 Å². The summed E-state index contributed by atoms with van der Waals surface area (Å²) in [6.45, 7) is 4.47. The molecule has 5 nitrogen and oxygen atoms in total. The molecule has 5 heteroatoms. The van der Waals surface area contributed by atoms with Gasteiger partial charge in [-0.15, -0.1) is 0 Å². The first kappa shape index (κ1) is 17.7. The number of pyridine rings is 1. The molecule has 0 aliphatic heterocycles. The highest BCUT2D eigenvalue weighted by Gasteiger charge is 2.17. The summed E-state index contributed by atoms with van der Waals surface area (Å²) in [6.07, 6.45) is 2.47. The Morgan fingerprint density at radius 2 is 1.92 bits per heavy atom. The summed E-state index contributed by atoms with van der Waals surface area (Å²) in [6, 6.07) is 15.5. The number of para-hydroxylation sites is 1. The van der Waals surface area contributed by atoms with Gasteiger partial charge in [0.1, 0.15) is 11.6 Å². The summed E-state index contributed by atoms with van der Waals surface area (Å²) >= 11 is 0. The summed E-state index contributed by atoms with van der Waals surface area (Å²) in [5.74, 6) is 1.58. The third-order valence-corrected chi connectivity index (χ3v) is 4.43. The molecule has 0 fully saturated rings. The number of amides is 1. The minimum atomic E-state index is -0.0739. The Kier molecular flexibility index (Phi) is 5.37. The molecule has 0 unspecified atom stereocenters. The van der Waals surface area contributed by atoms with Crippen molar-refractivity contribution in [3.05, 3.63) is 77.2 Å². The van der Waals surface area contributed by atoms with E-state index in [1.165, 1.54) is 0 Å². The summed E-state index contributed by atoms with van der Waals surface area (Å²) in [5.41, 5.74) is 3.62. The lowest BCUT2D eigenvalue weighted by atomic mass is 10.1. The first-order valence-corrected chi connectivity index (χ1v) is 8.62. The third-order valence-electron chi connectivity index (χ3n) is 4.43. The number of aryl methyl sites for hydroxylation is 1. The van der Waals surface area contributed by atoms with E-state index in [1.54, 1.807) is 13.3 Å². The summed E-state index contributed by atoms with van der Waals surface area (Å²) in [7, 11) is 1.66. The van der Waals surface area contributed by atoms with Crippen molar-refractivity contribution in [2.75, 3.05) is 13.7 Å². The van der Waals surface area contributed by atoms with Crippen LogP contribution in [0.5, 0.6) is 5.75 Å². The van der Waals surface area contributed by atoms with Crippen LogP contribution in [-0.4, -0.2) is 29.1 Å². The van der Waals surface area contributed by atoms with Gasteiger partial charge in [-0.1, -0.05) is 24.3 Å². The molecule has 3 rings (SSSR count). The topological polar surface area (TPSA) is 56.1 Å². The van der Waals surface area contributed by atoms with Crippen molar-refractivity contribution >= 4 is 5.91 Å². The van der Waals surface area contributed by atoms with Crippen LogP contribution in [0.15, 0.2) is 54.7 Å². The number of nitrogens with zero attached hydrogens (tertiary/aromatic N) is 2. The van der Waals surface area contributed by atoms with Crippen LogP contribution in [0.4, 0.5) is 0 Å². The Bertz CT molecular complexity index is 901. The number of hydrogen-bond acceptors (Lipinski definition) is 3. The van der Waals surface area contributed by atoms with Gasteiger partial charge in [0.05, 0.1) is 12.7 Å². The van der Waals surface area contributed by atoms with Gasteiger partial charge >= 0.3 is 0 Å². The normalized spacial score (nSPS) is 10.6. The number of hydrogen-bond donors (Lipinski definition) is 1. The number of benzene rings is 1. The van der Waals surface area contributed by atoms with Crippen molar-refractivity contribution in [1.29, 1.82) is 0 Å². The molecule has 0 atom stereocenters. The lowest BCUT2D eigenvalue weighted by molar-refractivity contribution is 0.0953. The largest absolute Gasteiger partial charge is 0.496 e. The van der Waals surface area contributed by atoms with Crippen LogP contribution >= 0.6 is 0 Å². The second kappa shape index (κ2) is 7.87. The van der Waals surface area contributed by atoms with E-state index in [9.17, 15) is 4.79 Å².